The molecule has 4 N–H and O–H groups in total. The first kappa shape index (κ1) is 19.4. The summed E-state index contributed by atoms with van der Waals surface area (Å²) in [5.74, 6) is -0.132. The topological polar surface area (TPSA) is 87.5 Å². The van der Waals surface area contributed by atoms with Crippen LogP contribution in [0.2, 0.25) is 0 Å². The van der Waals surface area contributed by atoms with Crippen LogP contribution in [0.3, 0.4) is 0 Å². The first-order valence-electron chi connectivity index (χ1n) is 9.88. The summed E-state index contributed by atoms with van der Waals surface area (Å²) in [6, 6.07) is 9.94. The van der Waals surface area contributed by atoms with Crippen LogP contribution in [0.1, 0.15) is 44.1 Å². The Morgan fingerprint density at radius 1 is 1.19 bits per heavy atom. The zero-order chi connectivity index (χ0) is 19.2. The number of benzene rings is 1. The zero-order valence-corrected chi connectivity index (χ0v) is 15.8. The third-order valence-electron chi connectivity index (χ3n) is 5.56. The van der Waals surface area contributed by atoms with Crippen molar-refractivity contribution in [3.63, 3.8) is 0 Å². The van der Waals surface area contributed by atoms with E-state index >= 15 is 0 Å². The fourth-order valence-electron chi connectivity index (χ4n) is 4.16. The van der Waals surface area contributed by atoms with Gasteiger partial charge in [0.1, 0.15) is 6.04 Å². The van der Waals surface area contributed by atoms with E-state index in [9.17, 15) is 9.59 Å². The molecule has 0 aromatic heterocycles. The van der Waals surface area contributed by atoms with Crippen molar-refractivity contribution >= 4 is 11.8 Å². The van der Waals surface area contributed by atoms with Gasteiger partial charge in [-0.15, -0.1) is 0 Å². The molecule has 0 aliphatic carbocycles. The van der Waals surface area contributed by atoms with Gasteiger partial charge in [-0.2, -0.15) is 0 Å². The quantitative estimate of drug-likeness (QED) is 0.681. The number of nitrogens with two attached hydrogens (primary N) is 1. The van der Waals surface area contributed by atoms with Crippen LogP contribution in [0.5, 0.6) is 0 Å². The van der Waals surface area contributed by atoms with Crippen LogP contribution in [0.4, 0.5) is 0 Å². The molecular formula is C21H30N4O2. The van der Waals surface area contributed by atoms with Crippen LogP contribution in [-0.4, -0.2) is 41.4 Å². The molecule has 2 heterocycles. The second-order valence-electron chi connectivity index (χ2n) is 7.45. The lowest BCUT2D eigenvalue weighted by molar-refractivity contribution is -0.145. The van der Waals surface area contributed by atoms with E-state index in [1.54, 1.807) is 0 Å². The van der Waals surface area contributed by atoms with Crippen molar-refractivity contribution in [2.24, 2.45) is 5.73 Å². The van der Waals surface area contributed by atoms with Crippen molar-refractivity contribution in [1.29, 1.82) is 0 Å². The zero-order valence-electron chi connectivity index (χ0n) is 15.8. The molecule has 6 heteroatoms. The van der Waals surface area contributed by atoms with E-state index in [2.05, 4.69) is 29.3 Å². The highest BCUT2D eigenvalue weighted by molar-refractivity contribution is 5.89. The number of carbonyl (C=O) groups excluding carboxylic acids is 2. The summed E-state index contributed by atoms with van der Waals surface area (Å²) in [5.41, 5.74) is 7.51. The van der Waals surface area contributed by atoms with Crippen LogP contribution in [0.25, 0.3) is 0 Å². The van der Waals surface area contributed by atoms with Crippen LogP contribution in [0.15, 0.2) is 42.6 Å². The number of rotatable bonds is 7. The van der Waals surface area contributed by atoms with Crippen molar-refractivity contribution in [3.05, 3.63) is 48.2 Å². The number of carbonyl (C=O) groups is 2. The first-order chi connectivity index (χ1) is 13.1. The van der Waals surface area contributed by atoms with Crippen molar-refractivity contribution in [2.45, 2.75) is 63.2 Å². The number of piperidine rings is 2. The van der Waals surface area contributed by atoms with E-state index in [1.165, 1.54) is 5.56 Å². The molecule has 2 saturated heterocycles. The van der Waals surface area contributed by atoms with E-state index < -0.39 is 6.04 Å². The predicted octanol–water partition coefficient (Wildman–Crippen LogP) is 1.67. The summed E-state index contributed by atoms with van der Waals surface area (Å²) in [5, 5.41) is 6.27. The second-order valence-corrected chi connectivity index (χ2v) is 7.45. The Hall–Kier alpha value is -2.34. The lowest BCUT2D eigenvalue weighted by atomic mass is 9.85. The van der Waals surface area contributed by atoms with Gasteiger partial charge >= 0.3 is 0 Å². The Morgan fingerprint density at radius 3 is 2.70 bits per heavy atom. The van der Waals surface area contributed by atoms with Gasteiger partial charge in [0, 0.05) is 31.2 Å². The molecule has 2 aliphatic rings. The van der Waals surface area contributed by atoms with Gasteiger partial charge in [0.15, 0.2) is 0 Å². The third-order valence-corrected chi connectivity index (χ3v) is 5.56. The van der Waals surface area contributed by atoms with Gasteiger partial charge in [0.2, 0.25) is 11.8 Å². The molecular weight excluding hydrogens is 340 g/mol. The molecule has 0 saturated carbocycles. The second kappa shape index (κ2) is 9.04. The SMILES string of the molecule is C=C(NCc1ccccc1)[C@@H]1CCC[C@@H]2CC[C@H](NC(=O)CCN)C(=O)N21. The maximum Gasteiger partial charge on any atom is 0.245 e. The summed E-state index contributed by atoms with van der Waals surface area (Å²) in [6.07, 6.45) is 4.90. The molecule has 1 aromatic carbocycles. The van der Waals surface area contributed by atoms with Crippen molar-refractivity contribution in [2.75, 3.05) is 6.54 Å². The van der Waals surface area contributed by atoms with Gasteiger partial charge in [-0.05, 0) is 37.7 Å². The van der Waals surface area contributed by atoms with Crippen LogP contribution in [0, 0.1) is 0 Å². The monoisotopic (exact) mass is 370 g/mol. The molecule has 2 amide bonds. The number of hydrogen-bond donors (Lipinski definition) is 3. The summed E-state index contributed by atoms with van der Waals surface area (Å²) >= 11 is 0. The highest BCUT2D eigenvalue weighted by Crippen LogP contribution is 2.33. The number of fused-ring (bicyclic) bond motifs is 1. The minimum absolute atomic E-state index is 0.0176. The first-order valence-corrected chi connectivity index (χ1v) is 9.88. The average Bonchev–Trinajstić information content (AvgIpc) is 2.69. The molecule has 3 atom stereocenters. The standard InChI is InChI=1S/C21H30N4O2/c1-15(23-14-16-6-3-2-4-7-16)19-9-5-8-17-10-11-18(21(27)25(17)19)24-20(26)12-13-22/h2-4,6-7,17-19,23H,1,5,8-14,22H2,(H,24,26)/t17-,18+,19+/m1/s1. The summed E-state index contributed by atoms with van der Waals surface area (Å²) < 4.78 is 0. The van der Waals surface area contributed by atoms with Crippen molar-refractivity contribution < 1.29 is 9.59 Å². The number of nitrogens with zero attached hydrogens (tertiary/aromatic N) is 1. The Kier molecular flexibility index (Phi) is 6.50. The maximum absolute atomic E-state index is 13.1. The van der Waals surface area contributed by atoms with Gasteiger partial charge in [-0.3, -0.25) is 9.59 Å². The molecule has 2 aliphatic heterocycles. The summed E-state index contributed by atoms with van der Waals surface area (Å²) in [7, 11) is 0. The van der Waals surface area contributed by atoms with E-state index in [0.717, 1.165) is 31.4 Å². The van der Waals surface area contributed by atoms with E-state index in [4.69, 9.17) is 5.73 Å². The smallest absolute Gasteiger partial charge is 0.245 e. The summed E-state index contributed by atoms with van der Waals surface area (Å²) in [4.78, 5) is 27.0. The molecule has 146 valence electrons. The largest absolute Gasteiger partial charge is 0.383 e. The molecule has 2 fully saturated rings. The lowest BCUT2D eigenvalue weighted by Gasteiger charge is -2.47. The third kappa shape index (κ3) is 4.69. The molecule has 6 nitrogen and oxygen atoms in total. The Bertz CT molecular complexity index is 676. The van der Waals surface area contributed by atoms with Crippen molar-refractivity contribution in [3.8, 4) is 0 Å². The number of hydrogen-bond acceptors (Lipinski definition) is 4. The minimum atomic E-state index is -0.442. The van der Waals surface area contributed by atoms with Crippen molar-refractivity contribution in [1.82, 2.24) is 15.5 Å². The molecule has 0 bridgehead atoms. The van der Waals surface area contributed by atoms with E-state index in [1.807, 2.05) is 23.1 Å². The molecule has 0 radical (unpaired) electrons. The van der Waals surface area contributed by atoms with Gasteiger partial charge in [-0.25, -0.2) is 0 Å². The van der Waals surface area contributed by atoms with Gasteiger partial charge in [-0.1, -0.05) is 36.9 Å². The number of amides is 2. The average molecular weight is 370 g/mol. The normalized spacial score (nSPS) is 24.9. The molecule has 3 rings (SSSR count). The van der Waals surface area contributed by atoms with Gasteiger partial charge < -0.3 is 21.3 Å². The highest BCUT2D eigenvalue weighted by Gasteiger charge is 2.42. The predicted molar refractivity (Wildman–Crippen MR) is 106 cm³/mol. The summed E-state index contributed by atoms with van der Waals surface area (Å²) in [6.45, 7) is 5.21. The highest BCUT2D eigenvalue weighted by atomic mass is 16.2. The van der Waals surface area contributed by atoms with E-state index in [-0.39, 0.29) is 30.3 Å². The number of nitrogens with one attached hydrogen (secondary N) is 2. The lowest BCUT2D eigenvalue weighted by Crippen LogP contribution is -2.61. The maximum atomic E-state index is 13.1. The Balaban J connectivity index is 1.65. The van der Waals surface area contributed by atoms with Gasteiger partial charge in [0.05, 0.1) is 6.04 Å². The van der Waals surface area contributed by atoms with Gasteiger partial charge in [0.25, 0.3) is 0 Å². The fourth-order valence-corrected chi connectivity index (χ4v) is 4.16. The Morgan fingerprint density at radius 2 is 1.96 bits per heavy atom. The fraction of sp³-hybridized carbons (Fsp3) is 0.524. The Labute approximate surface area is 161 Å². The minimum Gasteiger partial charge on any atom is -0.383 e. The van der Waals surface area contributed by atoms with Crippen LogP contribution in [-0.2, 0) is 16.1 Å². The van der Waals surface area contributed by atoms with Crippen LogP contribution < -0.4 is 16.4 Å². The molecule has 27 heavy (non-hydrogen) atoms. The van der Waals surface area contributed by atoms with Crippen LogP contribution >= 0.6 is 0 Å². The molecule has 0 unspecified atom stereocenters. The van der Waals surface area contributed by atoms with E-state index in [0.29, 0.717) is 19.5 Å². The molecule has 1 aromatic rings. The molecule has 0 spiro atoms.